The summed E-state index contributed by atoms with van der Waals surface area (Å²) in [6.45, 7) is 0. The van der Waals surface area contributed by atoms with Crippen molar-refractivity contribution in [1.82, 2.24) is 5.43 Å². The summed E-state index contributed by atoms with van der Waals surface area (Å²) in [7, 11) is 0. The third-order valence-electron chi connectivity index (χ3n) is 2.71. The van der Waals surface area contributed by atoms with Crippen molar-refractivity contribution in [2.24, 2.45) is 5.10 Å². The number of nitrogens with zero attached hydrogens (tertiary/aromatic N) is 2. The second-order valence-corrected chi connectivity index (χ2v) is 5.46. The quantitative estimate of drug-likeness (QED) is 0.365. The van der Waals surface area contributed by atoms with Gasteiger partial charge in [-0.15, -0.1) is 0 Å². The van der Waals surface area contributed by atoms with Crippen molar-refractivity contribution >= 4 is 58.1 Å². The van der Waals surface area contributed by atoms with Crippen molar-refractivity contribution < 1.29 is 4.92 Å². The van der Waals surface area contributed by atoms with Crippen LogP contribution in [0, 0.1) is 10.1 Å². The molecule has 0 saturated heterocycles. The van der Waals surface area contributed by atoms with Gasteiger partial charge in [-0.25, -0.2) is 0 Å². The summed E-state index contributed by atoms with van der Waals surface area (Å²) < 4.78 is 0. The molecule has 0 aromatic heterocycles. The molecule has 6 nitrogen and oxygen atoms in total. The first-order valence-electron chi connectivity index (χ1n) is 6.26. The van der Waals surface area contributed by atoms with Crippen molar-refractivity contribution in [3.63, 3.8) is 0 Å². The molecule has 118 valence electrons. The number of nitrogens with one attached hydrogen (secondary N) is 2. The Kier molecular flexibility index (Phi) is 5.86. The fourth-order valence-electron chi connectivity index (χ4n) is 1.68. The van der Waals surface area contributed by atoms with Gasteiger partial charge in [0.25, 0.3) is 5.69 Å². The highest BCUT2D eigenvalue weighted by atomic mass is 35.5. The number of nitro groups is 1. The van der Waals surface area contributed by atoms with Gasteiger partial charge in [0.1, 0.15) is 5.69 Å². The Balaban J connectivity index is 2.04. The number of nitro benzene ring substituents is 1. The molecule has 0 bridgehead atoms. The summed E-state index contributed by atoms with van der Waals surface area (Å²) in [5, 5.41) is 18.5. The van der Waals surface area contributed by atoms with Crippen LogP contribution in [0.4, 0.5) is 11.4 Å². The molecular weight excluding hydrogens is 359 g/mol. The zero-order chi connectivity index (χ0) is 16.8. The molecular formula is C14H10Cl2N4O2S. The lowest BCUT2D eigenvalue weighted by Gasteiger charge is -2.07. The van der Waals surface area contributed by atoms with E-state index in [1.165, 1.54) is 12.3 Å². The Morgan fingerprint density at radius 3 is 2.48 bits per heavy atom. The van der Waals surface area contributed by atoms with Gasteiger partial charge in [-0.1, -0.05) is 41.4 Å². The van der Waals surface area contributed by atoms with E-state index in [1.54, 1.807) is 36.4 Å². The van der Waals surface area contributed by atoms with E-state index in [0.717, 1.165) is 0 Å². The average Bonchev–Trinajstić information content (AvgIpc) is 2.50. The number of para-hydroxylation sites is 2. The number of thiocarbonyl (C=S) groups is 1. The molecule has 2 aromatic carbocycles. The van der Waals surface area contributed by atoms with Gasteiger partial charge in [-0.2, -0.15) is 5.10 Å². The van der Waals surface area contributed by atoms with Crippen LogP contribution in [-0.2, 0) is 0 Å². The highest BCUT2D eigenvalue weighted by molar-refractivity contribution is 7.80. The average molecular weight is 369 g/mol. The molecule has 0 atom stereocenters. The Morgan fingerprint density at radius 2 is 1.83 bits per heavy atom. The topological polar surface area (TPSA) is 79.6 Å². The Morgan fingerprint density at radius 1 is 1.17 bits per heavy atom. The second kappa shape index (κ2) is 7.87. The fraction of sp³-hybridized carbons (Fsp3) is 0. The van der Waals surface area contributed by atoms with Crippen molar-refractivity contribution in [2.45, 2.75) is 0 Å². The molecule has 2 N–H and O–H groups in total. The highest BCUT2D eigenvalue weighted by Gasteiger charge is 2.12. The third kappa shape index (κ3) is 4.62. The lowest BCUT2D eigenvalue weighted by atomic mass is 10.2. The lowest BCUT2D eigenvalue weighted by Crippen LogP contribution is -2.24. The number of benzene rings is 2. The predicted octanol–water partition coefficient (Wildman–Crippen LogP) is 4.22. The molecule has 0 radical (unpaired) electrons. The molecule has 9 heteroatoms. The van der Waals surface area contributed by atoms with Crippen LogP contribution in [-0.4, -0.2) is 16.3 Å². The molecule has 0 aliphatic carbocycles. The maximum absolute atomic E-state index is 10.9. The number of hydrogen-bond acceptors (Lipinski definition) is 4. The van der Waals surface area contributed by atoms with Gasteiger partial charge >= 0.3 is 0 Å². The number of halogens is 2. The molecule has 0 aliphatic heterocycles. The third-order valence-corrected chi connectivity index (χ3v) is 3.56. The number of anilines is 1. The van der Waals surface area contributed by atoms with Crippen molar-refractivity contribution in [1.29, 1.82) is 0 Å². The minimum atomic E-state index is -0.502. The van der Waals surface area contributed by atoms with Gasteiger partial charge in [-0.3, -0.25) is 15.5 Å². The van der Waals surface area contributed by atoms with Gasteiger partial charge in [0.2, 0.25) is 0 Å². The van der Waals surface area contributed by atoms with Gasteiger partial charge in [-0.05, 0) is 30.4 Å². The van der Waals surface area contributed by atoms with E-state index in [4.69, 9.17) is 35.4 Å². The molecule has 0 heterocycles. The van der Waals surface area contributed by atoms with Crippen LogP contribution in [0.15, 0.2) is 47.6 Å². The van der Waals surface area contributed by atoms with Crippen molar-refractivity contribution in [3.8, 4) is 0 Å². The summed E-state index contributed by atoms with van der Waals surface area (Å²) >= 11 is 17.0. The maximum Gasteiger partial charge on any atom is 0.292 e. The summed E-state index contributed by atoms with van der Waals surface area (Å²) in [6, 6.07) is 11.2. The Hall–Kier alpha value is -2.22. The minimum absolute atomic E-state index is 0.0882. The van der Waals surface area contributed by atoms with Crippen LogP contribution in [0.2, 0.25) is 10.0 Å². The summed E-state index contributed by atoms with van der Waals surface area (Å²) in [6.07, 6.45) is 1.41. The normalized spacial score (nSPS) is 10.5. The zero-order valence-corrected chi connectivity index (χ0v) is 13.8. The van der Waals surface area contributed by atoms with Crippen LogP contribution in [0.3, 0.4) is 0 Å². The largest absolute Gasteiger partial charge is 0.326 e. The summed E-state index contributed by atoms with van der Waals surface area (Å²) in [5.41, 5.74) is 3.27. The molecule has 23 heavy (non-hydrogen) atoms. The Bertz CT molecular complexity index is 763. The van der Waals surface area contributed by atoms with Crippen LogP contribution in [0.1, 0.15) is 5.56 Å². The van der Waals surface area contributed by atoms with Crippen LogP contribution >= 0.6 is 35.4 Å². The van der Waals surface area contributed by atoms with E-state index in [-0.39, 0.29) is 16.5 Å². The van der Waals surface area contributed by atoms with Gasteiger partial charge < -0.3 is 5.32 Å². The molecule has 2 aromatic rings. The molecule has 0 aliphatic rings. The van der Waals surface area contributed by atoms with Crippen molar-refractivity contribution in [2.75, 3.05) is 5.32 Å². The number of hydrazone groups is 1. The van der Waals surface area contributed by atoms with Crippen LogP contribution in [0.25, 0.3) is 0 Å². The zero-order valence-electron chi connectivity index (χ0n) is 11.5. The monoisotopic (exact) mass is 368 g/mol. The van der Waals surface area contributed by atoms with Gasteiger partial charge in [0.05, 0.1) is 21.2 Å². The first-order valence-corrected chi connectivity index (χ1v) is 7.43. The first-order chi connectivity index (χ1) is 11.0. The summed E-state index contributed by atoms with van der Waals surface area (Å²) in [4.78, 5) is 10.4. The molecule has 0 saturated carbocycles. The maximum atomic E-state index is 10.9. The van der Waals surface area contributed by atoms with E-state index < -0.39 is 4.92 Å². The molecule has 2 rings (SSSR count). The SMILES string of the molecule is O=[N+]([O-])c1ccccc1NC(=S)N/N=C\c1c(Cl)cccc1Cl. The second-order valence-electron chi connectivity index (χ2n) is 4.23. The molecule has 0 spiro atoms. The van der Waals surface area contributed by atoms with Crippen LogP contribution in [0.5, 0.6) is 0 Å². The standard InChI is InChI=1S/C14H10Cl2N4O2S/c15-10-4-3-5-11(16)9(10)8-17-19-14(23)18-12-6-1-2-7-13(12)20(21)22/h1-8H,(H2,18,19,23)/b17-8-. The lowest BCUT2D eigenvalue weighted by molar-refractivity contribution is -0.383. The summed E-state index contributed by atoms with van der Waals surface area (Å²) in [5.74, 6) is 0. The number of hydrogen-bond donors (Lipinski definition) is 2. The highest BCUT2D eigenvalue weighted by Crippen LogP contribution is 2.23. The molecule has 0 unspecified atom stereocenters. The van der Waals surface area contributed by atoms with Crippen LogP contribution < -0.4 is 10.7 Å². The van der Waals surface area contributed by atoms with Gasteiger partial charge in [0, 0.05) is 11.6 Å². The smallest absolute Gasteiger partial charge is 0.292 e. The van der Waals surface area contributed by atoms with E-state index in [2.05, 4.69) is 15.8 Å². The van der Waals surface area contributed by atoms with Crippen molar-refractivity contribution in [3.05, 3.63) is 68.2 Å². The molecule has 0 fully saturated rings. The Labute approximate surface area is 147 Å². The first kappa shape index (κ1) is 17.1. The van der Waals surface area contributed by atoms with E-state index in [9.17, 15) is 10.1 Å². The fourth-order valence-corrected chi connectivity index (χ4v) is 2.34. The van der Waals surface area contributed by atoms with E-state index >= 15 is 0 Å². The number of rotatable bonds is 4. The van der Waals surface area contributed by atoms with E-state index in [0.29, 0.717) is 15.6 Å². The van der Waals surface area contributed by atoms with E-state index in [1.807, 2.05) is 0 Å². The molecule has 0 amide bonds. The van der Waals surface area contributed by atoms with Gasteiger partial charge in [0.15, 0.2) is 5.11 Å². The minimum Gasteiger partial charge on any atom is -0.326 e. The predicted molar refractivity (Wildman–Crippen MR) is 96.5 cm³/mol.